The van der Waals surface area contributed by atoms with Crippen molar-refractivity contribution in [2.75, 3.05) is 18.6 Å². The molecule has 2 aromatic rings. The summed E-state index contributed by atoms with van der Waals surface area (Å²) in [6.07, 6.45) is 1.41. The van der Waals surface area contributed by atoms with Gasteiger partial charge in [0.25, 0.3) is 5.91 Å². The first-order valence-electron chi connectivity index (χ1n) is 7.50. The number of carbonyl (C=O) groups is 2. The van der Waals surface area contributed by atoms with Crippen LogP contribution in [0.25, 0.3) is 0 Å². The Bertz CT molecular complexity index is 822. The number of halogens is 2. The summed E-state index contributed by atoms with van der Waals surface area (Å²) >= 11 is 3.30. The van der Waals surface area contributed by atoms with Crippen LogP contribution in [0.5, 0.6) is 0 Å². The summed E-state index contributed by atoms with van der Waals surface area (Å²) in [6, 6.07) is 9.23. The molecule has 6 heteroatoms. The van der Waals surface area contributed by atoms with Gasteiger partial charge in [0, 0.05) is 16.7 Å². The van der Waals surface area contributed by atoms with Crippen molar-refractivity contribution in [2.24, 2.45) is 0 Å². The summed E-state index contributed by atoms with van der Waals surface area (Å²) in [5, 5.41) is 0. The van der Waals surface area contributed by atoms with E-state index in [2.05, 4.69) is 15.9 Å². The molecule has 0 aliphatic carbocycles. The predicted octanol–water partition coefficient (Wildman–Crippen LogP) is 3.97. The molecule has 0 aromatic heterocycles. The van der Waals surface area contributed by atoms with Crippen LogP contribution in [0.1, 0.15) is 32.7 Å². The van der Waals surface area contributed by atoms with Gasteiger partial charge >= 0.3 is 5.97 Å². The van der Waals surface area contributed by atoms with Crippen LogP contribution < -0.4 is 4.90 Å². The monoisotopic (exact) mass is 391 g/mol. The van der Waals surface area contributed by atoms with Gasteiger partial charge in [-0.3, -0.25) is 4.79 Å². The molecule has 0 fully saturated rings. The van der Waals surface area contributed by atoms with Gasteiger partial charge in [-0.2, -0.15) is 0 Å². The number of methoxy groups -OCH3 is 1. The lowest BCUT2D eigenvalue weighted by Crippen LogP contribution is -2.36. The van der Waals surface area contributed by atoms with Gasteiger partial charge in [0.1, 0.15) is 5.82 Å². The molecule has 3 rings (SSSR count). The van der Waals surface area contributed by atoms with Gasteiger partial charge in [-0.1, -0.05) is 6.07 Å². The summed E-state index contributed by atoms with van der Waals surface area (Å²) in [6.45, 7) is 0.513. The van der Waals surface area contributed by atoms with Crippen LogP contribution in [-0.2, 0) is 11.2 Å². The standard InChI is InChI=1S/C18H15BrFNO3/c1-24-18(23)13-4-2-6-16-12(13)5-3-9-21(16)17(22)14-10-11(20)7-8-15(14)19/h2,4,6-8,10H,3,5,9H2,1H3. The summed E-state index contributed by atoms with van der Waals surface area (Å²) in [7, 11) is 1.33. The molecule has 24 heavy (non-hydrogen) atoms. The lowest BCUT2D eigenvalue weighted by molar-refractivity contribution is 0.0599. The molecule has 0 N–H and O–H groups in total. The maximum Gasteiger partial charge on any atom is 0.338 e. The number of nitrogens with zero attached hydrogens (tertiary/aromatic N) is 1. The van der Waals surface area contributed by atoms with Crippen molar-refractivity contribution in [1.29, 1.82) is 0 Å². The molecule has 2 aromatic carbocycles. The molecule has 1 aliphatic heterocycles. The van der Waals surface area contributed by atoms with Crippen LogP contribution in [-0.4, -0.2) is 25.5 Å². The van der Waals surface area contributed by atoms with E-state index in [0.29, 0.717) is 28.7 Å². The third-order valence-electron chi connectivity index (χ3n) is 4.06. The first kappa shape index (κ1) is 16.6. The second-order valence-corrected chi connectivity index (χ2v) is 6.33. The summed E-state index contributed by atoms with van der Waals surface area (Å²) < 4.78 is 18.9. The molecule has 4 nitrogen and oxygen atoms in total. The molecule has 1 heterocycles. The Kier molecular flexibility index (Phi) is 4.66. The quantitative estimate of drug-likeness (QED) is 0.727. The highest BCUT2D eigenvalue weighted by atomic mass is 79.9. The van der Waals surface area contributed by atoms with E-state index in [4.69, 9.17) is 4.74 Å². The van der Waals surface area contributed by atoms with E-state index < -0.39 is 11.8 Å². The van der Waals surface area contributed by atoms with E-state index in [0.717, 1.165) is 12.0 Å². The van der Waals surface area contributed by atoms with Gasteiger partial charge in [-0.25, -0.2) is 9.18 Å². The van der Waals surface area contributed by atoms with Crippen molar-refractivity contribution < 1.29 is 18.7 Å². The van der Waals surface area contributed by atoms with Crippen molar-refractivity contribution in [3.05, 3.63) is 63.4 Å². The second kappa shape index (κ2) is 6.73. The van der Waals surface area contributed by atoms with Crippen molar-refractivity contribution in [2.45, 2.75) is 12.8 Å². The topological polar surface area (TPSA) is 46.6 Å². The van der Waals surface area contributed by atoms with Gasteiger partial charge in [-0.05, 0) is 64.7 Å². The fourth-order valence-corrected chi connectivity index (χ4v) is 3.36. The zero-order chi connectivity index (χ0) is 17.3. The van der Waals surface area contributed by atoms with Crippen LogP contribution in [0, 0.1) is 5.82 Å². The number of esters is 1. The first-order chi connectivity index (χ1) is 11.5. The van der Waals surface area contributed by atoms with Crippen molar-refractivity contribution in [1.82, 2.24) is 0 Å². The van der Waals surface area contributed by atoms with Crippen molar-refractivity contribution in [3.8, 4) is 0 Å². The Morgan fingerprint density at radius 1 is 1.21 bits per heavy atom. The molecule has 124 valence electrons. The van der Waals surface area contributed by atoms with Crippen LogP contribution in [0.3, 0.4) is 0 Å². The minimum atomic E-state index is -0.470. The van der Waals surface area contributed by atoms with Crippen LogP contribution in [0.4, 0.5) is 10.1 Å². The summed E-state index contributed by atoms with van der Waals surface area (Å²) in [5.74, 6) is -1.19. The molecular formula is C18H15BrFNO3. The van der Waals surface area contributed by atoms with Crippen LogP contribution in [0.2, 0.25) is 0 Å². The normalized spacial score (nSPS) is 13.4. The number of hydrogen-bond acceptors (Lipinski definition) is 3. The Morgan fingerprint density at radius 3 is 2.75 bits per heavy atom. The lowest BCUT2D eigenvalue weighted by Gasteiger charge is -2.30. The average Bonchev–Trinajstić information content (AvgIpc) is 2.61. The lowest BCUT2D eigenvalue weighted by atomic mass is 9.95. The number of amides is 1. The van der Waals surface area contributed by atoms with E-state index in [-0.39, 0.29) is 11.5 Å². The number of hydrogen-bond donors (Lipinski definition) is 0. The number of ether oxygens (including phenoxy) is 1. The van der Waals surface area contributed by atoms with Gasteiger partial charge in [0.2, 0.25) is 0 Å². The Balaban J connectivity index is 2.05. The van der Waals surface area contributed by atoms with E-state index in [1.165, 1.54) is 25.3 Å². The Morgan fingerprint density at radius 2 is 2.00 bits per heavy atom. The number of anilines is 1. The first-order valence-corrected chi connectivity index (χ1v) is 8.29. The largest absolute Gasteiger partial charge is 0.465 e. The third-order valence-corrected chi connectivity index (χ3v) is 4.75. The zero-order valence-electron chi connectivity index (χ0n) is 13.0. The Hall–Kier alpha value is -2.21. The number of carbonyl (C=O) groups excluding carboxylic acids is 2. The Labute approximate surface area is 147 Å². The highest BCUT2D eigenvalue weighted by Crippen LogP contribution is 2.32. The zero-order valence-corrected chi connectivity index (χ0v) is 14.6. The van der Waals surface area contributed by atoms with Gasteiger partial charge in [0.05, 0.1) is 18.2 Å². The number of rotatable bonds is 2. The molecule has 0 spiro atoms. The molecular weight excluding hydrogens is 377 g/mol. The summed E-state index contributed by atoms with van der Waals surface area (Å²) in [4.78, 5) is 26.4. The number of benzene rings is 2. The fourth-order valence-electron chi connectivity index (χ4n) is 2.94. The minimum Gasteiger partial charge on any atom is -0.465 e. The van der Waals surface area contributed by atoms with E-state index in [1.54, 1.807) is 23.1 Å². The average molecular weight is 392 g/mol. The van der Waals surface area contributed by atoms with Crippen LogP contribution in [0.15, 0.2) is 40.9 Å². The maximum absolute atomic E-state index is 13.5. The third kappa shape index (κ3) is 2.94. The van der Waals surface area contributed by atoms with Crippen LogP contribution >= 0.6 is 15.9 Å². The fraction of sp³-hybridized carbons (Fsp3) is 0.222. The van der Waals surface area contributed by atoms with Crippen molar-refractivity contribution >= 4 is 33.5 Å². The van der Waals surface area contributed by atoms with E-state index in [9.17, 15) is 14.0 Å². The molecule has 0 unspecified atom stereocenters. The SMILES string of the molecule is COC(=O)c1cccc2c1CCCN2C(=O)c1cc(F)ccc1Br. The smallest absolute Gasteiger partial charge is 0.338 e. The predicted molar refractivity (Wildman–Crippen MR) is 91.9 cm³/mol. The van der Waals surface area contributed by atoms with E-state index >= 15 is 0 Å². The molecule has 1 amide bonds. The van der Waals surface area contributed by atoms with Gasteiger partial charge in [-0.15, -0.1) is 0 Å². The maximum atomic E-state index is 13.5. The van der Waals surface area contributed by atoms with Gasteiger partial charge in [0.15, 0.2) is 0 Å². The summed E-state index contributed by atoms with van der Waals surface area (Å²) in [5.41, 5.74) is 2.18. The van der Waals surface area contributed by atoms with Crippen molar-refractivity contribution in [3.63, 3.8) is 0 Å². The molecule has 0 atom stereocenters. The molecule has 0 bridgehead atoms. The molecule has 0 radical (unpaired) electrons. The van der Waals surface area contributed by atoms with Gasteiger partial charge < -0.3 is 9.64 Å². The molecule has 0 saturated carbocycles. The second-order valence-electron chi connectivity index (χ2n) is 5.48. The minimum absolute atomic E-state index is 0.256. The highest BCUT2D eigenvalue weighted by molar-refractivity contribution is 9.10. The van der Waals surface area contributed by atoms with E-state index in [1.807, 2.05) is 0 Å². The highest BCUT2D eigenvalue weighted by Gasteiger charge is 2.28. The molecule has 1 aliphatic rings. The number of fused-ring (bicyclic) bond motifs is 1. The molecule has 0 saturated heterocycles.